The molecule has 0 aliphatic carbocycles. The largest absolute Gasteiger partial charge is 0.463 e. The van der Waals surface area contributed by atoms with Crippen molar-refractivity contribution < 1.29 is 61.8 Å². The van der Waals surface area contributed by atoms with E-state index in [-0.39, 0.29) is 37.5 Å². The zero-order valence-corrected chi connectivity index (χ0v) is 29.9. The van der Waals surface area contributed by atoms with Crippen molar-refractivity contribution in [2.75, 3.05) is 132 Å². The van der Waals surface area contributed by atoms with E-state index in [1.54, 1.807) is 24.3 Å². The lowest BCUT2D eigenvalue weighted by Gasteiger charge is -2.13. The van der Waals surface area contributed by atoms with Crippen molar-refractivity contribution >= 4 is 17.8 Å². The van der Waals surface area contributed by atoms with Gasteiger partial charge in [0.25, 0.3) is 11.8 Å². The minimum absolute atomic E-state index is 0.154. The average molecular weight is 714 g/mol. The van der Waals surface area contributed by atoms with Crippen LogP contribution >= 0.6 is 0 Å². The normalized spacial score (nSPS) is 12.6. The van der Waals surface area contributed by atoms with Gasteiger partial charge in [0, 0.05) is 6.42 Å². The molecule has 1 aromatic carbocycles. The highest BCUT2D eigenvalue weighted by Crippen LogP contribution is 2.21. The van der Waals surface area contributed by atoms with Crippen molar-refractivity contribution in [1.82, 2.24) is 4.90 Å². The number of carbonyl (C=O) groups is 3. The molecule has 0 bridgehead atoms. The molecule has 286 valence electrons. The van der Waals surface area contributed by atoms with Gasteiger partial charge in [-0.3, -0.25) is 19.3 Å². The number of unbranched alkanes of at least 4 members (excludes halogenated alkanes) is 4. The molecule has 0 saturated carbocycles. The number of nitrogens with zero attached hydrogens (tertiary/aromatic N) is 1. The zero-order valence-electron chi connectivity index (χ0n) is 29.9. The highest BCUT2D eigenvalue weighted by atomic mass is 16.6. The number of amides is 2. The Balaban J connectivity index is 1.18. The number of hydrogen-bond donors (Lipinski definition) is 0. The molecule has 2 amide bonds. The molecule has 0 unspecified atom stereocenters. The minimum Gasteiger partial charge on any atom is -0.463 e. The smallest absolute Gasteiger partial charge is 0.305 e. The summed E-state index contributed by atoms with van der Waals surface area (Å²) in [4.78, 5) is 37.4. The van der Waals surface area contributed by atoms with Gasteiger partial charge in [-0.25, -0.2) is 0 Å². The molecule has 1 heterocycles. The van der Waals surface area contributed by atoms with Crippen molar-refractivity contribution in [3.8, 4) is 0 Å². The van der Waals surface area contributed by atoms with Gasteiger partial charge in [-0.2, -0.15) is 0 Å². The molecule has 1 aliphatic rings. The fraction of sp³-hybridized carbons (Fsp3) is 0.750. The lowest BCUT2D eigenvalue weighted by atomic mass is 10.1. The Bertz CT molecular complexity index is 977. The lowest BCUT2D eigenvalue weighted by Crippen LogP contribution is -2.33. The second-order valence-corrected chi connectivity index (χ2v) is 11.2. The molecule has 1 aliphatic heterocycles. The van der Waals surface area contributed by atoms with Crippen molar-refractivity contribution in [3.05, 3.63) is 35.4 Å². The SMILES string of the molecule is CCCCCCCC(=O)OCCOCCOCCOCCOCCOCCOCCOCCOCCOCCN1C(=O)c2ccccc2C1=O. The van der Waals surface area contributed by atoms with E-state index in [1.165, 1.54) is 24.2 Å². The molecule has 0 atom stereocenters. The van der Waals surface area contributed by atoms with Crippen LogP contribution in [-0.2, 0) is 52.2 Å². The molecule has 0 fully saturated rings. The third kappa shape index (κ3) is 21.6. The fourth-order valence-electron chi connectivity index (χ4n) is 4.62. The first kappa shape index (κ1) is 43.6. The molecule has 50 heavy (non-hydrogen) atoms. The van der Waals surface area contributed by atoms with Crippen LogP contribution in [0.5, 0.6) is 0 Å². The average Bonchev–Trinajstić information content (AvgIpc) is 3.37. The highest BCUT2D eigenvalue weighted by Gasteiger charge is 2.34. The number of imide groups is 1. The van der Waals surface area contributed by atoms with Crippen LogP contribution in [0, 0.1) is 0 Å². The van der Waals surface area contributed by atoms with Crippen LogP contribution in [0.4, 0.5) is 0 Å². The Morgan fingerprint density at radius 2 is 0.820 bits per heavy atom. The fourth-order valence-corrected chi connectivity index (χ4v) is 4.62. The van der Waals surface area contributed by atoms with Crippen molar-refractivity contribution in [2.24, 2.45) is 0 Å². The van der Waals surface area contributed by atoms with Crippen LogP contribution in [0.1, 0.15) is 66.2 Å². The predicted molar refractivity (Wildman–Crippen MR) is 184 cm³/mol. The van der Waals surface area contributed by atoms with E-state index in [0.717, 1.165) is 12.8 Å². The van der Waals surface area contributed by atoms with Crippen LogP contribution in [0.3, 0.4) is 0 Å². The predicted octanol–water partition coefficient (Wildman–Crippen LogP) is 3.34. The standard InChI is InChI=1S/C36H59NO13/c1-2-3-4-5-6-11-34(38)50-31-30-49-29-28-48-27-26-47-25-24-46-23-22-45-21-20-44-19-18-43-17-16-42-15-14-41-13-12-37-35(39)32-9-7-8-10-33(32)36(37)40/h7-10H,2-6,11-31H2,1H3. The summed E-state index contributed by atoms with van der Waals surface area (Å²) in [7, 11) is 0. The third-order valence-electron chi connectivity index (χ3n) is 7.29. The molecule has 0 spiro atoms. The molecule has 2 rings (SSSR count). The Hall–Kier alpha value is -2.53. The van der Waals surface area contributed by atoms with Crippen LogP contribution in [-0.4, -0.2) is 155 Å². The van der Waals surface area contributed by atoms with Gasteiger partial charge in [0.15, 0.2) is 0 Å². The molecule has 1 aromatic rings. The molecule has 0 N–H and O–H groups in total. The van der Waals surface area contributed by atoms with E-state index >= 15 is 0 Å². The van der Waals surface area contributed by atoms with Gasteiger partial charge in [0.1, 0.15) is 6.61 Å². The van der Waals surface area contributed by atoms with Gasteiger partial charge in [-0.15, -0.1) is 0 Å². The van der Waals surface area contributed by atoms with E-state index < -0.39 is 0 Å². The van der Waals surface area contributed by atoms with Gasteiger partial charge in [-0.05, 0) is 18.6 Å². The summed E-state index contributed by atoms with van der Waals surface area (Å²) in [5, 5.41) is 0. The summed E-state index contributed by atoms with van der Waals surface area (Å²) in [5.41, 5.74) is 0.880. The van der Waals surface area contributed by atoms with Crippen LogP contribution in [0.15, 0.2) is 24.3 Å². The zero-order chi connectivity index (χ0) is 35.7. The summed E-state index contributed by atoms with van der Waals surface area (Å²) < 4.78 is 54.3. The molecule has 14 nitrogen and oxygen atoms in total. The van der Waals surface area contributed by atoms with E-state index in [1.807, 2.05) is 0 Å². The molecular formula is C36H59NO13. The Morgan fingerprint density at radius 3 is 1.20 bits per heavy atom. The monoisotopic (exact) mass is 713 g/mol. The number of esters is 1. The Kier molecular flexibility index (Phi) is 27.2. The van der Waals surface area contributed by atoms with E-state index in [0.29, 0.717) is 130 Å². The van der Waals surface area contributed by atoms with Crippen LogP contribution in [0.25, 0.3) is 0 Å². The second-order valence-electron chi connectivity index (χ2n) is 11.2. The van der Waals surface area contributed by atoms with Gasteiger partial charge in [0.05, 0.1) is 137 Å². The quantitative estimate of drug-likeness (QED) is 0.0570. The summed E-state index contributed by atoms with van der Waals surface area (Å²) in [6, 6.07) is 6.81. The molecule has 14 heteroatoms. The molecule has 0 aromatic heterocycles. The van der Waals surface area contributed by atoms with Gasteiger partial charge < -0.3 is 47.4 Å². The van der Waals surface area contributed by atoms with Crippen molar-refractivity contribution in [2.45, 2.75) is 45.4 Å². The Labute approximate surface area is 297 Å². The third-order valence-corrected chi connectivity index (χ3v) is 7.29. The van der Waals surface area contributed by atoms with Gasteiger partial charge in [-0.1, -0.05) is 44.7 Å². The Morgan fingerprint density at radius 1 is 0.480 bits per heavy atom. The topological polar surface area (TPSA) is 147 Å². The number of ether oxygens (including phenoxy) is 10. The maximum absolute atomic E-state index is 12.3. The number of fused-ring (bicyclic) bond motifs is 1. The summed E-state index contributed by atoms with van der Waals surface area (Å²) in [6.07, 6.45) is 6.04. The summed E-state index contributed by atoms with van der Waals surface area (Å²) in [6.45, 7) is 10.5. The van der Waals surface area contributed by atoms with Gasteiger partial charge in [0.2, 0.25) is 0 Å². The van der Waals surface area contributed by atoms with Gasteiger partial charge >= 0.3 is 5.97 Å². The van der Waals surface area contributed by atoms with Crippen LogP contribution < -0.4 is 0 Å². The number of benzene rings is 1. The van der Waals surface area contributed by atoms with E-state index in [4.69, 9.17) is 47.4 Å². The first-order chi connectivity index (χ1) is 24.6. The van der Waals surface area contributed by atoms with E-state index in [2.05, 4.69) is 6.92 Å². The minimum atomic E-state index is -0.280. The first-order valence-corrected chi connectivity index (χ1v) is 18.0. The molecule has 0 saturated heterocycles. The molecular weight excluding hydrogens is 654 g/mol. The maximum atomic E-state index is 12.3. The highest BCUT2D eigenvalue weighted by molar-refractivity contribution is 6.21. The molecule has 0 radical (unpaired) electrons. The van der Waals surface area contributed by atoms with Crippen molar-refractivity contribution in [1.29, 1.82) is 0 Å². The van der Waals surface area contributed by atoms with Crippen LogP contribution in [0.2, 0.25) is 0 Å². The number of rotatable bonds is 36. The summed E-state index contributed by atoms with van der Waals surface area (Å²) >= 11 is 0. The summed E-state index contributed by atoms with van der Waals surface area (Å²) in [5.74, 6) is -0.713. The first-order valence-electron chi connectivity index (χ1n) is 18.0. The van der Waals surface area contributed by atoms with Crippen molar-refractivity contribution in [3.63, 3.8) is 0 Å². The lowest BCUT2D eigenvalue weighted by molar-refractivity contribution is -0.145. The maximum Gasteiger partial charge on any atom is 0.305 e. The number of carbonyl (C=O) groups excluding carboxylic acids is 3. The number of hydrogen-bond acceptors (Lipinski definition) is 13. The van der Waals surface area contributed by atoms with E-state index in [9.17, 15) is 14.4 Å². The second kappa shape index (κ2) is 31.2.